The van der Waals surface area contributed by atoms with Crippen molar-refractivity contribution in [2.24, 2.45) is 5.92 Å². The summed E-state index contributed by atoms with van der Waals surface area (Å²) in [6.45, 7) is 8.47. The average Bonchev–Trinajstić information content (AvgIpc) is 3.29. The fraction of sp³-hybridized carbons (Fsp3) is 0.933. The predicted molar refractivity (Wildman–Crippen MR) is 77.5 cm³/mol. The molecule has 116 valence electrons. The monoisotopic (exact) mass is 284 g/mol. The Morgan fingerprint density at radius 3 is 2.50 bits per heavy atom. The molecule has 2 atom stereocenters. The molecular weight excluding hydrogens is 256 g/mol. The van der Waals surface area contributed by atoms with E-state index in [9.17, 15) is 9.90 Å². The van der Waals surface area contributed by atoms with Gasteiger partial charge >= 0.3 is 0 Å². The van der Waals surface area contributed by atoms with Gasteiger partial charge in [0, 0.05) is 32.7 Å². The number of aliphatic hydroxyl groups excluding tert-OH is 1. The minimum Gasteiger partial charge on any atom is -0.392 e. The van der Waals surface area contributed by atoms with Gasteiger partial charge in [-0.15, -0.1) is 0 Å². The number of carbonyl (C=O) groups excluding carboxylic acids is 1. The summed E-state index contributed by atoms with van der Waals surface area (Å²) in [7, 11) is 0. The van der Waals surface area contributed by atoms with E-state index in [4.69, 9.17) is 4.74 Å². The van der Waals surface area contributed by atoms with Crippen LogP contribution in [0.4, 0.5) is 0 Å². The first-order valence-electron chi connectivity index (χ1n) is 7.91. The molecule has 5 nitrogen and oxygen atoms in total. The summed E-state index contributed by atoms with van der Waals surface area (Å²) >= 11 is 0. The van der Waals surface area contributed by atoms with Crippen molar-refractivity contribution in [3.05, 3.63) is 0 Å². The third-order valence-corrected chi connectivity index (χ3v) is 4.25. The largest absolute Gasteiger partial charge is 0.392 e. The molecule has 2 aliphatic rings. The Labute approximate surface area is 121 Å². The van der Waals surface area contributed by atoms with E-state index in [1.165, 1.54) is 12.8 Å². The lowest BCUT2D eigenvalue weighted by molar-refractivity contribution is -0.144. The first kappa shape index (κ1) is 15.7. The van der Waals surface area contributed by atoms with Gasteiger partial charge in [0.1, 0.15) is 6.10 Å². The van der Waals surface area contributed by atoms with Gasteiger partial charge in [-0.1, -0.05) is 6.92 Å². The van der Waals surface area contributed by atoms with E-state index in [1.54, 1.807) is 0 Å². The molecule has 1 amide bonds. The van der Waals surface area contributed by atoms with Crippen molar-refractivity contribution in [3.8, 4) is 0 Å². The number of β-amino-alcohol motifs (C(OH)–C–C–N with tert-alkyl or cyclic N) is 1. The van der Waals surface area contributed by atoms with Crippen LogP contribution in [0.1, 0.15) is 33.1 Å². The van der Waals surface area contributed by atoms with Crippen LogP contribution in [0.5, 0.6) is 0 Å². The highest BCUT2D eigenvalue weighted by Gasteiger charge is 2.28. The first-order chi connectivity index (χ1) is 9.60. The van der Waals surface area contributed by atoms with E-state index < -0.39 is 0 Å². The second kappa shape index (κ2) is 7.38. The number of nitrogens with zero attached hydrogens (tertiary/aromatic N) is 2. The zero-order valence-electron chi connectivity index (χ0n) is 12.8. The van der Waals surface area contributed by atoms with Crippen LogP contribution in [0.25, 0.3) is 0 Å². The first-order valence-corrected chi connectivity index (χ1v) is 7.91. The lowest BCUT2D eigenvalue weighted by atomic mass is 10.2. The van der Waals surface area contributed by atoms with E-state index in [0.717, 1.165) is 39.2 Å². The Kier molecular flexibility index (Phi) is 5.81. The second-order valence-electron chi connectivity index (χ2n) is 6.11. The maximum absolute atomic E-state index is 12.2. The van der Waals surface area contributed by atoms with Crippen molar-refractivity contribution < 1.29 is 14.6 Å². The maximum Gasteiger partial charge on any atom is 0.251 e. The molecule has 0 spiro atoms. The van der Waals surface area contributed by atoms with E-state index >= 15 is 0 Å². The van der Waals surface area contributed by atoms with E-state index in [0.29, 0.717) is 12.5 Å². The van der Waals surface area contributed by atoms with Crippen LogP contribution in [0, 0.1) is 5.92 Å². The summed E-state index contributed by atoms with van der Waals surface area (Å²) in [5, 5.41) is 9.66. The quantitative estimate of drug-likeness (QED) is 0.748. The molecule has 1 aliphatic heterocycles. The van der Waals surface area contributed by atoms with E-state index in [2.05, 4.69) is 4.90 Å². The molecular formula is C15H28N2O3. The summed E-state index contributed by atoms with van der Waals surface area (Å²) in [5.41, 5.74) is 0. The van der Waals surface area contributed by atoms with Crippen LogP contribution >= 0.6 is 0 Å². The summed E-state index contributed by atoms with van der Waals surface area (Å²) < 4.78 is 5.64. The van der Waals surface area contributed by atoms with Crippen LogP contribution in [0.3, 0.4) is 0 Å². The fourth-order valence-corrected chi connectivity index (χ4v) is 2.47. The molecule has 0 aromatic carbocycles. The zero-order chi connectivity index (χ0) is 14.5. The minimum absolute atomic E-state index is 0.112. The molecule has 1 saturated heterocycles. The smallest absolute Gasteiger partial charge is 0.251 e. The highest BCUT2D eigenvalue weighted by molar-refractivity contribution is 5.80. The topological polar surface area (TPSA) is 53.0 Å². The molecule has 0 radical (unpaired) electrons. The molecule has 1 heterocycles. The molecule has 1 N–H and O–H groups in total. The highest BCUT2D eigenvalue weighted by atomic mass is 16.5. The van der Waals surface area contributed by atoms with Crippen LogP contribution in [0.15, 0.2) is 0 Å². The van der Waals surface area contributed by atoms with Crippen molar-refractivity contribution >= 4 is 5.91 Å². The van der Waals surface area contributed by atoms with E-state index in [1.807, 2.05) is 18.7 Å². The van der Waals surface area contributed by atoms with Crippen molar-refractivity contribution in [2.75, 3.05) is 39.3 Å². The number of rotatable bonds is 7. The van der Waals surface area contributed by atoms with Gasteiger partial charge < -0.3 is 14.7 Å². The fourth-order valence-electron chi connectivity index (χ4n) is 2.47. The summed E-state index contributed by atoms with van der Waals surface area (Å²) in [6, 6.07) is 0. The van der Waals surface area contributed by atoms with Crippen molar-refractivity contribution in [2.45, 2.75) is 45.3 Å². The molecule has 2 rings (SSSR count). The number of ether oxygens (including phenoxy) is 1. The number of hydrogen-bond donors (Lipinski definition) is 1. The van der Waals surface area contributed by atoms with Crippen LogP contribution < -0.4 is 0 Å². The zero-order valence-corrected chi connectivity index (χ0v) is 12.8. The second-order valence-corrected chi connectivity index (χ2v) is 6.11. The molecule has 20 heavy (non-hydrogen) atoms. The third kappa shape index (κ3) is 4.72. The summed E-state index contributed by atoms with van der Waals surface area (Å²) in [4.78, 5) is 16.4. The molecule has 5 heteroatoms. The van der Waals surface area contributed by atoms with Crippen molar-refractivity contribution in [1.82, 2.24) is 9.80 Å². The average molecular weight is 284 g/mol. The van der Waals surface area contributed by atoms with Crippen molar-refractivity contribution in [1.29, 1.82) is 0 Å². The lowest BCUT2D eigenvalue weighted by Gasteiger charge is -2.36. The predicted octanol–water partition coefficient (Wildman–Crippen LogP) is 0.717. The van der Waals surface area contributed by atoms with Crippen molar-refractivity contribution in [3.63, 3.8) is 0 Å². The van der Waals surface area contributed by atoms with Gasteiger partial charge in [0.25, 0.3) is 5.91 Å². The number of piperazine rings is 1. The standard InChI is InChI=1S/C15H28N2O3/c1-3-14(18)10-16-6-8-17(9-7-16)15(19)12(2)20-11-13-4-5-13/h12-14,18H,3-11H2,1-2H3/t12-,14-/m1/s1. The molecule has 0 unspecified atom stereocenters. The molecule has 0 bridgehead atoms. The Morgan fingerprint density at radius 1 is 1.30 bits per heavy atom. The van der Waals surface area contributed by atoms with Crippen LogP contribution in [0.2, 0.25) is 0 Å². The molecule has 0 aromatic rings. The van der Waals surface area contributed by atoms with Gasteiger partial charge in [-0.3, -0.25) is 9.69 Å². The van der Waals surface area contributed by atoms with Gasteiger partial charge in [0.05, 0.1) is 12.7 Å². The van der Waals surface area contributed by atoms with Gasteiger partial charge in [0.2, 0.25) is 0 Å². The highest BCUT2D eigenvalue weighted by Crippen LogP contribution is 2.29. The molecule has 1 saturated carbocycles. The van der Waals surface area contributed by atoms with Gasteiger partial charge in [-0.2, -0.15) is 0 Å². The minimum atomic E-state index is -0.316. The molecule has 1 aliphatic carbocycles. The van der Waals surface area contributed by atoms with Gasteiger partial charge in [-0.25, -0.2) is 0 Å². The Hall–Kier alpha value is -0.650. The summed E-state index contributed by atoms with van der Waals surface area (Å²) in [6.07, 6.45) is 2.71. The molecule has 2 fully saturated rings. The van der Waals surface area contributed by atoms with E-state index in [-0.39, 0.29) is 18.1 Å². The van der Waals surface area contributed by atoms with Crippen LogP contribution in [-0.4, -0.2) is 72.4 Å². The third-order valence-electron chi connectivity index (χ3n) is 4.25. The number of amides is 1. The van der Waals surface area contributed by atoms with Crippen LogP contribution in [-0.2, 0) is 9.53 Å². The normalized spacial score (nSPS) is 23.6. The van der Waals surface area contributed by atoms with Gasteiger partial charge in [0.15, 0.2) is 0 Å². The SMILES string of the molecule is CC[C@@H](O)CN1CCN(C(=O)[C@@H](C)OCC2CC2)CC1. The maximum atomic E-state index is 12.2. The number of hydrogen-bond acceptors (Lipinski definition) is 4. The Balaban J connectivity index is 1.67. The number of carbonyl (C=O) groups is 1. The summed E-state index contributed by atoms with van der Waals surface area (Å²) in [5.74, 6) is 0.805. The lowest BCUT2D eigenvalue weighted by Crippen LogP contribution is -2.52. The number of aliphatic hydroxyl groups is 1. The Morgan fingerprint density at radius 2 is 1.95 bits per heavy atom. The van der Waals surface area contributed by atoms with Gasteiger partial charge in [-0.05, 0) is 32.1 Å². The Bertz CT molecular complexity index is 312. The molecule has 0 aromatic heterocycles.